The Balaban J connectivity index is 1.49. The molecule has 244 valence electrons. The summed E-state index contributed by atoms with van der Waals surface area (Å²) in [6.45, 7) is 13.9. The summed E-state index contributed by atoms with van der Waals surface area (Å²) in [6, 6.07) is 8.14. The quantitative estimate of drug-likeness (QED) is 0.127. The number of nitrogens with zero attached hydrogens (tertiary/aromatic N) is 2. The van der Waals surface area contributed by atoms with E-state index in [9.17, 15) is 9.59 Å². The fourth-order valence-corrected chi connectivity index (χ4v) is 8.23. The molecular formula is C36H51BN2O4S2. The third-order valence-corrected chi connectivity index (χ3v) is 11.7. The summed E-state index contributed by atoms with van der Waals surface area (Å²) >= 11 is 3.17. The SMILES string of the molecule is CCCCCCCCN1C(=O)C2=C(c3ccc(B4OC(C)(C)C(C)(C)O4)s3)N(CCCCCCCC)C(=O)C2=C1c1cccs1. The average molecular weight is 651 g/mol. The lowest BCUT2D eigenvalue weighted by atomic mass is 9.88. The van der Waals surface area contributed by atoms with Gasteiger partial charge in [0.05, 0.1) is 43.5 Å². The highest BCUT2D eigenvalue weighted by molar-refractivity contribution is 7.23. The topological polar surface area (TPSA) is 59.1 Å². The van der Waals surface area contributed by atoms with Gasteiger partial charge in [-0.1, -0.05) is 90.2 Å². The number of rotatable bonds is 17. The summed E-state index contributed by atoms with van der Waals surface area (Å²) in [5.74, 6) is -0.0809. The lowest BCUT2D eigenvalue weighted by molar-refractivity contribution is -0.124. The number of thiophene rings is 2. The van der Waals surface area contributed by atoms with Gasteiger partial charge in [0.15, 0.2) is 0 Å². The van der Waals surface area contributed by atoms with Crippen LogP contribution >= 0.6 is 22.7 Å². The molecule has 3 aliphatic heterocycles. The fourth-order valence-electron chi connectivity index (χ4n) is 6.42. The molecule has 0 bridgehead atoms. The van der Waals surface area contributed by atoms with Gasteiger partial charge in [-0.05, 0) is 58.0 Å². The Kier molecular flexibility index (Phi) is 11.2. The number of carbonyl (C=O) groups is 2. The molecule has 0 saturated carbocycles. The van der Waals surface area contributed by atoms with Gasteiger partial charge < -0.3 is 19.1 Å². The van der Waals surface area contributed by atoms with Crippen LogP contribution in [0.3, 0.4) is 0 Å². The number of unbranched alkanes of at least 4 members (excludes halogenated alkanes) is 10. The van der Waals surface area contributed by atoms with Gasteiger partial charge in [-0.25, -0.2) is 0 Å². The number of hydrogen-bond acceptors (Lipinski definition) is 6. The molecule has 1 saturated heterocycles. The van der Waals surface area contributed by atoms with Crippen molar-refractivity contribution in [2.45, 2.75) is 130 Å². The van der Waals surface area contributed by atoms with Gasteiger partial charge >= 0.3 is 7.12 Å². The van der Waals surface area contributed by atoms with Crippen LogP contribution < -0.4 is 4.78 Å². The van der Waals surface area contributed by atoms with Crippen LogP contribution in [0, 0.1) is 0 Å². The average Bonchev–Trinajstić information content (AvgIpc) is 3.81. The Labute approximate surface area is 279 Å². The molecule has 0 unspecified atom stereocenters. The van der Waals surface area contributed by atoms with Crippen LogP contribution in [0.1, 0.15) is 128 Å². The zero-order chi connectivity index (χ0) is 32.2. The Morgan fingerprint density at radius 2 is 1.16 bits per heavy atom. The number of carbonyl (C=O) groups excluding carboxylic acids is 2. The van der Waals surface area contributed by atoms with E-state index in [0.717, 1.165) is 51.6 Å². The first kappa shape index (κ1) is 34.1. The van der Waals surface area contributed by atoms with Gasteiger partial charge in [0, 0.05) is 17.9 Å². The zero-order valence-electron chi connectivity index (χ0n) is 28.2. The molecule has 2 amide bonds. The smallest absolute Gasteiger partial charge is 0.399 e. The van der Waals surface area contributed by atoms with Gasteiger partial charge in [0.1, 0.15) is 0 Å². The molecule has 0 atom stereocenters. The van der Waals surface area contributed by atoms with Crippen molar-refractivity contribution in [2.24, 2.45) is 0 Å². The lowest BCUT2D eigenvalue weighted by Gasteiger charge is -2.32. The first-order chi connectivity index (χ1) is 21.6. The van der Waals surface area contributed by atoms with Crippen molar-refractivity contribution in [1.29, 1.82) is 0 Å². The van der Waals surface area contributed by atoms with Crippen molar-refractivity contribution in [1.82, 2.24) is 9.80 Å². The molecule has 0 spiro atoms. The minimum atomic E-state index is -0.483. The summed E-state index contributed by atoms with van der Waals surface area (Å²) in [4.78, 5) is 34.6. The number of fused-ring (bicyclic) bond motifs is 1. The van der Waals surface area contributed by atoms with Crippen LogP contribution in [0.25, 0.3) is 11.4 Å². The van der Waals surface area contributed by atoms with Crippen molar-refractivity contribution in [3.63, 3.8) is 0 Å². The third kappa shape index (κ3) is 7.07. The minimum absolute atomic E-state index is 0.0404. The Hall–Kier alpha value is -2.20. The molecule has 3 aliphatic rings. The molecule has 0 aliphatic carbocycles. The zero-order valence-corrected chi connectivity index (χ0v) is 29.8. The summed E-state index contributed by atoms with van der Waals surface area (Å²) in [5, 5.41) is 2.03. The van der Waals surface area contributed by atoms with Crippen LogP contribution in [0.15, 0.2) is 40.8 Å². The van der Waals surface area contributed by atoms with Crippen molar-refractivity contribution < 1.29 is 18.9 Å². The second-order valence-electron chi connectivity index (χ2n) is 13.7. The van der Waals surface area contributed by atoms with Crippen molar-refractivity contribution in [3.05, 3.63) is 50.5 Å². The van der Waals surface area contributed by atoms with Gasteiger partial charge in [-0.3, -0.25) is 9.59 Å². The predicted octanol–water partition coefficient (Wildman–Crippen LogP) is 8.64. The second-order valence-corrected chi connectivity index (χ2v) is 15.7. The monoisotopic (exact) mass is 650 g/mol. The molecule has 0 N–H and O–H groups in total. The molecule has 6 nitrogen and oxygen atoms in total. The van der Waals surface area contributed by atoms with Crippen LogP contribution in [0.5, 0.6) is 0 Å². The predicted molar refractivity (Wildman–Crippen MR) is 188 cm³/mol. The highest BCUT2D eigenvalue weighted by atomic mass is 32.1. The fraction of sp³-hybridized carbons (Fsp3) is 0.611. The Morgan fingerprint density at radius 3 is 1.64 bits per heavy atom. The van der Waals surface area contributed by atoms with E-state index in [2.05, 4.69) is 41.5 Å². The van der Waals surface area contributed by atoms with Crippen molar-refractivity contribution in [3.8, 4) is 0 Å². The first-order valence-electron chi connectivity index (χ1n) is 17.2. The molecule has 9 heteroatoms. The summed E-state index contributed by atoms with van der Waals surface area (Å²) in [7, 11) is -0.483. The third-order valence-electron chi connectivity index (χ3n) is 9.75. The number of hydrogen-bond donors (Lipinski definition) is 0. The largest absolute Gasteiger partial charge is 0.505 e. The van der Waals surface area contributed by atoms with E-state index in [0.29, 0.717) is 24.2 Å². The van der Waals surface area contributed by atoms with E-state index in [4.69, 9.17) is 9.31 Å². The van der Waals surface area contributed by atoms with Gasteiger partial charge in [-0.2, -0.15) is 0 Å². The standard InChI is InChI=1S/C36H51BN2O4S2/c1-7-9-11-13-15-17-23-38-31(26-20-19-25-44-26)29-30(34(38)41)32(39(33(29)40)24-18-16-14-12-10-8-2)27-21-22-28(45-27)37-42-35(3,4)36(5,6)43-37/h19-22,25H,7-18,23-24H2,1-6H3. The van der Waals surface area contributed by atoms with E-state index < -0.39 is 18.3 Å². The highest BCUT2D eigenvalue weighted by Crippen LogP contribution is 2.48. The molecule has 5 heterocycles. The van der Waals surface area contributed by atoms with Gasteiger partial charge in [0.2, 0.25) is 0 Å². The summed E-state index contributed by atoms with van der Waals surface area (Å²) in [5.41, 5.74) is 1.83. The van der Waals surface area contributed by atoms with Crippen LogP contribution in [0.2, 0.25) is 0 Å². The maximum atomic E-state index is 14.4. The van der Waals surface area contributed by atoms with Crippen LogP contribution in [0.4, 0.5) is 0 Å². The molecule has 0 aromatic carbocycles. The highest BCUT2D eigenvalue weighted by Gasteiger charge is 2.53. The van der Waals surface area contributed by atoms with E-state index >= 15 is 0 Å². The van der Waals surface area contributed by atoms with E-state index in [1.54, 1.807) is 22.7 Å². The second kappa shape index (κ2) is 14.7. The van der Waals surface area contributed by atoms with Gasteiger partial charge in [-0.15, -0.1) is 22.7 Å². The van der Waals surface area contributed by atoms with E-state index in [-0.39, 0.29) is 11.8 Å². The summed E-state index contributed by atoms with van der Waals surface area (Å²) < 4.78 is 13.7. The minimum Gasteiger partial charge on any atom is -0.399 e. The molecule has 2 aromatic rings. The van der Waals surface area contributed by atoms with Crippen LogP contribution in [-0.4, -0.2) is 53.0 Å². The maximum absolute atomic E-state index is 14.4. The normalized spacial score (nSPS) is 19.2. The first-order valence-corrected chi connectivity index (χ1v) is 18.9. The Bertz CT molecular complexity index is 1390. The number of amides is 2. The van der Waals surface area contributed by atoms with E-state index in [1.807, 2.05) is 39.4 Å². The molecule has 5 rings (SSSR count). The Morgan fingerprint density at radius 1 is 0.667 bits per heavy atom. The van der Waals surface area contributed by atoms with Crippen molar-refractivity contribution >= 4 is 57.8 Å². The lowest BCUT2D eigenvalue weighted by Crippen LogP contribution is -2.41. The molecule has 1 fully saturated rings. The van der Waals surface area contributed by atoms with Crippen LogP contribution in [-0.2, 0) is 18.9 Å². The molecule has 2 aromatic heterocycles. The van der Waals surface area contributed by atoms with Gasteiger partial charge in [0.25, 0.3) is 11.8 Å². The molecular weight excluding hydrogens is 599 g/mol. The van der Waals surface area contributed by atoms with E-state index in [1.165, 1.54) is 51.4 Å². The molecule has 0 radical (unpaired) electrons. The van der Waals surface area contributed by atoms with Crippen molar-refractivity contribution in [2.75, 3.05) is 13.1 Å². The maximum Gasteiger partial charge on any atom is 0.505 e. The molecule has 45 heavy (non-hydrogen) atoms. The summed E-state index contributed by atoms with van der Waals surface area (Å²) in [6.07, 6.45) is 13.7.